The number of aryl methyl sites for hydroxylation is 1. The Balaban J connectivity index is 1.25. The molecule has 0 saturated heterocycles. The molecule has 52 heavy (non-hydrogen) atoms. The Morgan fingerprint density at radius 2 is 0.981 bits per heavy atom. The first-order valence-corrected chi connectivity index (χ1v) is 17.9. The van der Waals surface area contributed by atoms with Gasteiger partial charge < -0.3 is 9.32 Å². The van der Waals surface area contributed by atoms with Crippen LogP contribution in [0.4, 0.5) is 17.1 Å². The van der Waals surface area contributed by atoms with Crippen LogP contribution in [0.15, 0.2) is 199 Å². The number of para-hydroxylation sites is 2. The van der Waals surface area contributed by atoms with Crippen molar-refractivity contribution >= 4 is 39.0 Å². The smallest absolute Gasteiger partial charge is 0.159 e. The summed E-state index contributed by atoms with van der Waals surface area (Å²) in [6, 6.07) is 70.3. The van der Waals surface area contributed by atoms with E-state index in [2.05, 4.69) is 206 Å². The lowest BCUT2D eigenvalue weighted by atomic mass is 9.67. The van der Waals surface area contributed by atoms with Gasteiger partial charge in [-0.1, -0.05) is 164 Å². The van der Waals surface area contributed by atoms with Gasteiger partial charge in [-0.3, -0.25) is 0 Å². The number of hydrogen-bond donors (Lipinski definition) is 0. The topological polar surface area (TPSA) is 16.4 Å². The first-order chi connectivity index (χ1) is 25.7. The highest BCUT2D eigenvalue weighted by atomic mass is 16.3. The number of furan rings is 1. The standard InChI is InChI=1S/C50H35NO/c1-34-15-13-23-43-44-24-14-26-47(49(44)52-48(34)43)51(39-29-27-36(28-30-39)35-16-5-2-6-17-35)40-31-32-42-41-22-11-12-25-45(41)50(46(42)33-40,37-18-7-3-8-19-37)38-20-9-4-10-21-38/h2-33H,1H3. The summed E-state index contributed by atoms with van der Waals surface area (Å²) in [5, 5.41) is 2.24. The summed E-state index contributed by atoms with van der Waals surface area (Å²) in [6.07, 6.45) is 0. The third-order valence-corrected chi connectivity index (χ3v) is 10.9. The van der Waals surface area contributed by atoms with Crippen molar-refractivity contribution in [2.24, 2.45) is 0 Å². The molecule has 9 aromatic rings. The van der Waals surface area contributed by atoms with Gasteiger partial charge in [-0.25, -0.2) is 0 Å². The molecular weight excluding hydrogens is 631 g/mol. The van der Waals surface area contributed by atoms with Crippen LogP contribution < -0.4 is 4.90 Å². The molecule has 0 aliphatic heterocycles. The van der Waals surface area contributed by atoms with Gasteiger partial charge in [-0.05, 0) is 87.3 Å². The lowest BCUT2D eigenvalue weighted by Crippen LogP contribution is -2.28. The largest absolute Gasteiger partial charge is 0.454 e. The van der Waals surface area contributed by atoms with E-state index in [1.807, 2.05) is 0 Å². The van der Waals surface area contributed by atoms with Crippen LogP contribution in [-0.2, 0) is 5.41 Å². The fraction of sp³-hybridized carbons (Fsp3) is 0.0400. The first kappa shape index (κ1) is 30.2. The molecule has 0 fully saturated rings. The summed E-state index contributed by atoms with van der Waals surface area (Å²) < 4.78 is 6.81. The molecule has 2 heteroatoms. The minimum atomic E-state index is -0.504. The van der Waals surface area contributed by atoms with Crippen LogP contribution >= 0.6 is 0 Å². The molecule has 10 rings (SSSR count). The second-order valence-electron chi connectivity index (χ2n) is 13.7. The number of hydrogen-bond acceptors (Lipinski definition) is 2. The summed E-state index contributed by atoms with van der Waals surface area (Å²) in [5.74, 6) is 0. The Hall–Kier alpha value is -6.64. The van der Waals surface area contributed by atoms with Crippen LogP contribution in [0.5, 0.6) is 0 Å². The summed E-state index contributed by atoms with van der Waals surface area (Å²) in [7, 11) is 0. The van der Waals surface area contributed by atoms with Crippen molar-refractivity contribution in [3.8, 4) is 22.3 Å². The molecule has 0 atom stereocenters. The Bertz CT molecular complexity index is 2690. The molecule has 1 aliphatic rings. The monoisotopic (exact) mass is 665 g/mol. The molecule has 0 bridgehead atoms. The highest BCUT2D eigenvalue weighted by Crippen LogP contribution is 2.57. The van der Waals surface area contributed by atoms with Gasteiger partial charge in [0.15, 0.2) is 5.58 Å². The molecule has 0 radical (unpaired) electrons. The van der Waals surface area contributed by atoms with Crippen molar-refractivity contribution in [1.29, 1.82) is 0 Å². The Morgan fingerprint density at radius 1 is 0.423 bits per heavy atom. The van der Waals surface area contributed by atoms with Crippen molar-refractivity contribution < 1.29 is 4.42 Å². The minimum Gasteiger partial charge on any atom is -0.454 e. The Labute approximate surface area is 303 Å². The maximum Gasteiger partial charge on any atom is 0.159 e. The fourth-order valence-corrected chi connectivity index (χ4v) is 8.55. The van der Waals surface area contributed by atoms with Gasteiger partial charge in [0.05, 0.1) is 11.1 Å². The third kappa shape index (κ3) is 4.51. The van der Waals surface area contributed by atoms with Crippen molar-refractivity contribution in [2.45, 2.75) is 12.3 Å². The SMILES string of the molecule is Cc1cccc2c1oc1c(N(c3ccc(-c4ccccc4)cc3)c3ccc4c(c3)C(c3ccccc3)(c3ccccc3)c3ccccc3-4)cccc12. The summed E-state index contributed by atoms with van der Waals surface area (Å²) in [4.78, 5) is 2.37. The predicted octanol–water partition coefficient (Wildman–Crippen LogP) is 13.4. The minimum absolute atomic E-state index is 0.504. The molecule has 0 unspecified atom stereocenters. The second kappa shape index (κ2) is 12.0. The third-order valence-electron chi connectivity index (χ3n) is 10.9. The molecule has 0 saturated carbocycles. The first-order valence-electron chi connectivity index (χ1n) is 17.9. The van der Waals surface area contributed by atoms with Gasteiger partial charge in [0.25, 0.3) is 0 Å². The molecule has 1 aromatic heterocycles. The fourth-order valence-electron chi connectivity index (χ4n) is 8.55. The Morgan fingerprint density at radius 3 is 1.69 bits per heavy atom. The molecule has 0 amide bonds. The van der Waals surface area contributed by atoms with Gasteiger partial charge in [0, 0.05) is 22.1 Å². The zero-order valence-electron chi connectivity index (χ0n) is 28.8. The maximum absolute atomic E-state index is 6.81. The molecule has 0 N–H and O–H groups in total. The maximum atomic E-state index is 6.81. The number of fused-ring (bicyclic) bond motifs is 6. The molecule has 0 spiro atoms. The van der Waals surface area contributed by atoms with Gasteiger partial charge in [-0.2, -0.15) is 0 Å². The van der Waals surface area contributed by atoms with E-state index in [0.29, 0.717) is 0 Å². The van der Waals surface area contributed by atoms with Gasteiger partial charge in [-0.15, -0.1) is 0 Å². The molecule has 1 aliphatic carbocycles. The number of rotatable bonds is 6. The van der Waals surface area contributed by atoms with Gasteiger partial charge in [0.2, 0.25) is 0 Å². The van der Waals surface area contributed by atoms with Crippen molar-refractivity contribution in [1.82, 2.24) is 0 Å². The van der Waals surface area contributed by atoms with E-state index in [4.69, 9.17) is 4.42 Å². The van der Waals surface area contributed by atoms with E-state index < -0.39 is 5.41 Å². The molecule has 1 heterocycles. The zero-order chi connectivity index (χ0) is 34.6. The zero-order valence-corrected chi connectivity index (χ0v) is 28.8. The van der Waals surface area contributed by atoms with E-state index in [1.54, 1.807) is 0 Å². The lowest BCUT2D eigenvalue weighted by Gasteiger charge is -2.35. The lowest BCUT2D eigenvalue weighted by molar-refractivity contribution is 0.666. The molecule has 8 aromatic carbocycles. The summed E-state index contributed by atoms with van der Waals surface area (Å²) >= 11 is 0. The highest BCUT2D eigenvalue weighted by Gasteiger charge is 2.46. The van der Waals surface area contributed by atoms with Crippen molar-refractivity contribution in [3.05, 3.63) is 222 Å². The van der Waals surface area contributed by atoms with Crippen LogP contribution in [0, 0.1) is 6.92 Å². The van der Waals surface area contributed by atoms with Gasteiger partial charge >= 0.3 is 0 Å². The Kier molecular flexibility index (Phi) is 6.97. The van der Waals surface area contributed by atoms with Crippen LogP contribution in [0.3, 0.4) is 0 Å². The normalized spacial score (nSPS) is 12.9. The molecule has 246 valence electrons. The average Bonchev–Trinajstić information content (AvgIpc) is 3.75. The van der Waals surface area contributed by atoms with E-state index in [1.165, 1.54) is 44.5 Å². The average molecular weight is 666 g/mol. The predicted molar refractivity (Wildman–Crippen MR) is 216 cm³/mol. The van der Waals surface area contributed by atoms with E-state index >= 15 is 0 Å². The van der Waals surface area contributed by atoms with E-state index in [0.717, 1.165) is 44.6 Å². The quantitative estimate of drug-likeness (QED) is 0.176. The molecule has 2 nitrogen and oxygen atoms in total. The van der Waals surface area contributed by atoms with Crippen LogP contribution in [0.1, 0.15) is 27.8 Å². The van der Waals surface area contributed by atoms with E-state index in [-0.39, 0.29) is 0 Å². The summed E-state index contributed by atoms with van der Waals surface area (Å²) in [6.45, 7) is 2.12. The van der Waals surface area contributed by atoms with E-state index in [9.17, 15) is 0 Å². The second-order valence-corrected chi connectivity index (χ2v) is 13.7. The summed E-state index contributed by atoms with van der Waals surface area (Å²) in [5.41, 5.74) is 15.5. The number of nitrogens with zero attached hydrogens (tertiary/aromatic N) is 1. The van der Waals surface area contributed by atoms with Crippen LogP contribution in [0.2, 0.25) is 0 Å². The van der Waals surface area contributed by atoms with Crippen molar-refractivity contribution in [3.63, 3.8) is 0 Å². The number of benzene rings is 8. The molecular formula is C50H35NO. The highest BCUT2D eigenvalue weighted by molar-refractivity contribution is 6.11. The van der Waals surface area contributed by atoms with Gasteiger partial charge in [0.1, 0.15) is 5.58 Å². The van der Waals surface area contributed by atoms with Crippen LogP contribution in [-0.4, -0.2) is 0 Å². The van der Waals surface area contributed by atoms with Crippen molar-refractivity contribution in [2.75, 3.05) is 4.90 Å². The van der Waals surface area contributed by atoms with Crippen LogP contribution in [0.25, 0.3) is 44.2 Å². The number of anilines is 3.